The monoisotopic (exact) mass is 278 g/mol. The average Bonchev–Trinajstić information content (AvgIpc) is 2.97. The van der Waals surface area contributed by atoms with Crippen LogP contribution in [0.5, 0.6) is 0 Å². The van der Waals surface area contributed by atoms with E-state index in [4.69, 9.17) is 5.11 Å². The Morgan fingerprint density at radius 3 is 2.75 bits per heavy atom. The van der Waals surface area contributed by atoms with E-state index in [2.05, 4.69) is 27.3 Å². The second-order valence-electron chi connectivity index (χ2n) is 4.84. The molecule has 8 heteroatoms. The van der Waals surface area contributed by atoms with Crippen LogP contribution in [0.4, 0.5) is 0 Å². The molecule has 2 rings (SSSR count). The van der Waals surface area contributed by atoms with Crippen LogP contribution in [0.25, 0.3) is 0 Å². The highest BCUT2D eigenvalue weighted by atomic mass is 16.4. The van der Waals surface area contributed by atoms with Crippen molar-refractivity contribution in [2.75, 3.05) is 0 Å². The van der Waals surface area contributed by atoms with Crippen molar-refractivity contribution in [2.24, 2.45) is 0 Å². The van der Waals surface area contributed by atoms with Crippen molar-refractivity contribution in [3.63, 3.8) is 0 Å². The molecule has 0 aliphatic rings. The molecule has 0 unspecified atom stereocenters. The maximum absolute atomic E-state index is 11.2. The quantitative estimate of drug-likeness (QED) is 0.851. The van der Waals surface area contributed by atoms with E-state index < -0.39 is 5.97 Å². The van der Waals surface area contributed by atoms with E-state index in [1.807, 2.05) is 13.8 Å². The molecule has 0 aromatic carbocycles. The van der Waals surface area contributed by atoms with Crippen LogP contribution in [-0.2, 0) is 13.1 Å². The van der Waals surface area contributed by atoms with Crippen molar-refractivity contribution < 1.29 is 9.90 Å². The number of rotatable bonds is 6. The summed E-state index contributed by atoms with van der Waals surface area (Å²) in [6, 6.07) is 0. The van der Waals surface area contributed by atoms with Gasteiger partial charge in [0.15, 0.2) is 5.69 Å². The molecule has 0 aliphatic heterocycles. The number of hydrogen-bond acceptors (Lipinski definition) is 5. The molecular formula is C12H18N6O2. The van der Waals surface area contributed by atoms with Crippen molar-refractivity contribution in [3.8, 4) is 0 Å². The Bertz CT molecular complexity index is 601. The molecule has 0 bridgehead atoms. The first-order chi connectivity index (χ1) is 9.54. The Kier molecular flexibility index (Phi) is 4.11. The van der Waals surface area contributed by atoms with Crippen LogP contribution in [0.1, 0.15) is 55.1 Å². The van der Waals surface area contributed by atoms with E-state index in [1.165, 1.54) is 6.33 Å². The molecule has 2 aromatic rings. The van der Waals surface area contributed by atoms with Gasteiger partial charge in [-0.2, -0.15) is 5.10 Å². The van der Waals surface area contributed by atoms with Crippen molar-refractivity contribution in [2.45, 2.75) is 46.2 Å². The Morgan fingerprint density at radius 1 is 1.40 bits per heavy atom. The summed E-state index contributed by atoms with van der Waals surface area (Å²) in [5.41, 5.74) is 0.602. The largest absolute Gasteiger partial charge is 0.476 e. The van der Waals surface area contributed by atoms with Crippen LogP contribution >= 0.6 is 0 Å². The van der Waals surface area contributed by atoms with Gasteiger partial charge in [-0.15, -0.1) is 5.10 Å². The molecule has 0 saturated carbocycles. The molecule has 8 nitrogen and oxygen atoms in total. The molecule has 2 aromatic heterocycles. The third kappa shape index (κ3) is 2.68. The summed E-state index contributed by atoms with van der Waals surface area (Å²) >= 11 is 0. The Morgan fingerprint density at radius 2 is 2.15 bits per heavy atom. The number of carbonyl (C=O) groups is 1. The fourth-order valence-corrected chi connectivity index (χ4v) is 2.10. The Balaban J connectivity index is 2.34. The summed E-state index contributed by atoms with van der Waals surface area (Å²) in [6.45, 7) is 7.03. The molecule has 0 spiro atoms. The number of carboxylic acid groups (broad SMARTS) is 1. The maximum atomic E-state index is 11.2. The van der Waals surface area contributed by atoms with Crippen LogP contribution < -0.4 is 0 Å². The fourth-order valence-electron chi connectivity index (χ4n) is 2.10. The van der Waals surface area contributed by atoms with E-state index in [0.29, 0.717) is 12.2 Å². The second-order valence-corrected chi connectivity index (χ2v) is 4.84. The number of nitrogens with zero attached hydrogens (tertiary/aromatic N) is 6. The van der Waals surface area contributed by atoms with E-state index >= 15 is 0 Å². The van der Waals surface area contributed by atoms with Gasteiger partial charge in [-0.3, -0.25) is 0 Å². The van der Waals surface area contributed by atoms with E-state index in [-0.39, 0.29) is 11.6 Å². The van der Waals surface area contributed by atoms with Gasteiger partial charge in [0.05, 0.1) is 5.69 Å². The molecule has 2 heterocycles. The van der Waals surface area contributed by atoms with Crippen molar-refractivity contribution >= 4 is 5.97 Å². The highest BCUT2D eigenvalue weighted by molar-refractivity contribution is 5.86. The topological polar surface area (TPSA) is 98.7 Å². The highest BCUT2D eigenvalue weighted by Crippen LogP contribution is 2.18. The summed E-state index contributed by atoms with van der Waals surface area (Å²) in [4.78, 5) is 15.4. The molecule has 0 amide bonds. The van der Waals surface area contributed by atoms with E-state index in [1.54, 1.807) is 9.36 Å². The molecular weight excluding hydrogens is 260 g/mol. The van der Waals surface area contributed by atoms with Crippen LogP contribution in [0.15, 0.2) is 6.33 Å². The zero-order chi connectivity index (χ0) is 14.7. The smallest absolute Gasteiger partial charge is 0.358 e. The van der Waals surface area contributed by atoms with Gasteiger partial charge in [-0.25, -0.2) is 19.1 Å². The van der Waals surface area contributed by atoms with Gasteiger partial charge in [0, 0.05) is 6.54 Å². The minimum Gasteiger partial charge on any atom is -0.476 e. The zero-order valence-corrected chi connectivity index (χ0v) is 11.8. The molecule has 0 atom stereocenters. The SMILES string of the molecule is CCCn1ncnc1Cn1nnc(C(=O)O)c1C(C)C. The molecule has 0 saturated heterocycles. The predicted octanol–water partition coefficient (Wildman–Crippen LogP) is 1.15. The van der Waals surface area contributed by atoms with Gasteiger partial charge in [0.1, 0.15) is 18.7 Å². The van der Waals surface area contributed by atoms with Gasteiger partial charge in [-0.1, -0.05) is 26.0 Å². The van der Waals surface area contributed by atoms with Crippen LogP contribution in [0, 0.1) is 0 Å². The maximum Gasteiger partial charge on any atom is 0.358 e. The molecule has 1 N–H and O–H groups in total. The van der Waals surface area contributed by atoms with Crippen molar-refractivity contribution in [1.82, 2.24) is 29.8 Å². The lowest BCUT2D eigenvalue weighted by Crippen LogP contribution is -2.15. The molecule has 0 radical (unpaired) electrons. The average molecular weight is 278 g/mol. The first-order valence-corrected chi connectivity index (χ1v) is 6.58. The van der Waals surface area contributed by atoms with Crippen LogP contribution in [-0.4, -0.2) is 40.8 Å². The minimum atomic E-state index is -1.06. The first kappa shape index (κ1) is 14.2. The number of aryl methyl sites for hydroxylation is 1. The normalized spacial score (nSPS) is 11.2. The van der Waals surface area contributed by atoms with Gasteiger partial charge in [0.2, 0.25) is 0 Å². The molecule has 20 heavy (non-hydrogen) atoms. The fraction of sp³-hybridized carbons (Fsp3) is 0.583. The summed E-state index contributed by atoms with van der Waals surface area (Å²) in [5.74, 6) is -0.302. The number of carboxylic acids is 1. The van der Waals surface area contributed by atoms with Gasteiger partial charge < -0.3 is 5.11 Å². The highest BCUT2D eigenvalue weighted by Gasteiger charge is 2.22. The van der Waals surface area contributed by atoms with Gasteiger partial charge >= 0.3 is 5.97 Å². The number of aromatic carboxylic acids is 1. The predicted molar refractivity (Wildman–Crippen MR) is 70.5 cm³/mol. The second kappa shape index (κ2) is 5.81. The summed E-state index contributed by atoms with van der Waals surface area (Å²) in [5, 5.41) is 21.0. The standard InChI is InChI=1S/C12H18N6O2/c1-4-5-17-9(13-7-14-17)6-18-11(8(2)3)10(12(19)20)15-16-18/h7-8H,4-6H2,1-3H3,(H,19,20). The summed E-state index contributed by atoms with van der Waals surface area (Å²) < 4.78 is 3.39. The van der Waals surface area contributed by atoms with Gasteiger partial charge in [-0.05, 0) is 12.3 Å². The number of aromatic nitrogens is 6. The summed E-state index contributed by atoms with van der Waals surface area (Å²) in [6.07, 6.45) is 2.44. The van der Waals surface area contributed by atoms with E-state index in [9.17, 15) is 4.79 Å². The summed E-state index contributed by atoms with van der Waals surface area (Å²) in [7, 11) is 0. The first-order valence-electron chi connectivity index (χ1n) is 6.58. The lowest BCUT2D eigenvalue weighted by Gasteiger charge is -2.10. The van der Waals surface area contributed by atoms with E-state index in [0.717, 1.165) is 18.8 Å². The molecule has 0 fully saturated rings. The van der Waals surface area contributed by atoms with Crippen LogP contribution in [0.2, 0.25) is 0 Å². The Labute approximate surface area is 116 Å². The van der Waals surface area contributed by atoms with Crippen molar-refractivity contribution in [1.29, 1.82) is 0 Å². The lowest BCUT2D eigenvalue weighted by atomic mass is 10.1. The Hall–Kier alpha value is -2.25. The third-order valence-electron chi connectivity index (χ3n) is 2.95. The zero-order valence-electron chi connectivity index (χ0n) is 11.8. The molecule has 0 aliphatic carbocycles. The lowest BCUT2D eigenvalue weighted by molar-refractivity contribution is 0.0688. The van der Waals surface area contributed by atoms with Crippen LogP contribution in [0.3, 0.4) is 0 Å². The van der Waals surface area contributed by atoms with Crippen molar-refractivity contribution in [3.05, 3.63) is 23.5 Å². The minimum absolute atomic E-state index is 0.00144. The third-order valence-corrected chi connectivity index (χ3v) is 2.95. The number of hydrogen-bond donors (Lipinski definition) is 1. The van der Waals surface area contributed by atoms with Gasteiger partial charge in [0.25, 0.3) is 0 Å². The molecule has 108 valence electrons.